The summed E-state index contributed by atoms with van der Waals surface area (Å²) in [6.07, 6.45) is 3.61. The number of allylic oxidation sites excluding steroid dienone is 2. The number of ketones is 1. The number of carbonyl (C=O) groups excluding carboxylic acids is 1. The highest BCUT2D eigenvalue weighted by molar-refractivity contribution is 6.03. The fourth-order valence-corrected chi connectivity index (χ4v) is 2.83. The van der Waals surface area contributed by atoms with E-state index in [9.17, 15) is 20.1 Å². The largest absolute Gasteiger partial charge is 0.508 e. The number of carbonyl (C=O) groups is 1. The third-order valence-corrected chi connectivity index (χ3v) is 4.07. The van der Waals surface area contributed by atoms with E-state index in [1.807, 2.05) is 19.1 Å². The highest BCUT2D eigenvalue weighted by atomic mass is 16.5. The first-order chi connectivity index (χ1) is 11.5. The van der Waals surface area contributed by atoms with Crippen molar-refractivity contribution in [2.75, 3.05) is 0 Å². The fraction of sp³-hybridized carbons (Fsp3) is 0.211. The molecule has 124 valence electrons. The zero-order valence-corrected chi connectivity index (χ0v) is 13.2. The molecule has 5 heteroatoms. The van der Waals surface area contributed by atoms with E-state index in [0.717, 1.165) is 5.56 Å². The molecule has 1 unspecified atom stereocenters. The van der Waals surface area contributed by atoms with Gasteiger partial charge in [-0.3, -0.25) is 4.79 Å². The van der Waals surface area contributed by atoms with Gasteiger partial charge in [-0.2, -0.15) is 0 Å². The van der Waals surface area contributed by atoms with Crippen LogP contribution in [-0.2, 0) is 6.42 Å². The normalized spacial score (nSPS) is 16.9. The number of hydrogen-bond donors (Lipinski definition) is 3. The van der Waals surface area contributed by atoms with Gasteiger partial charge in [-0.1, -0.05) is 24.3 Å². The summed E-state index contributed by atoms with van der Waals surface area (Å²) in [6.45, 7) is 1.86. The van der Waals surface area contributed by atoms with Gasteiger partial charge in [0.25, 0.3) is 0 Å². The van der Waals surface area contributed by atoms with Crippen LogP contribution in [0.5, 0.6) is 23.0 Å². The molecule has 1 aliphatic rings. The second-order valence-corrected chi connectivity index (χ2v) is 5.70. The third-order valence-electron chi connectivity index (χ3n) is 4.07. The van der Waals surface area contributed by atoms with Gasteiger partial charge in [0.1, 0.15) is 34.7 Å². The van der Waals surface area contributed by atoms with Gasteiger partial charge in [0.2, 0.25) is 0 Å². The van der Waals surface area contributed by atoms with Gasteiger partial charge < -0.3 is 20.1 Å². The van der Waals surface area contributed by atoms with Crippen LogP contribution in [0.1, 0.15) is 40.9 Å². The average molecular weight is 326 g/mol. The van der Waals surface area contributed by atoms with E-state index in [0.29, 0.717) is 12.0 Å². The van der Waals surface area contributed by atoms with Crippen LogP contribution < -0.4 is 4.74 Å². The Kier molecular flexibility index (Phi) is 4.16. The zero-order valence-electron chi connectivity index (χ0n) is 13.2. The van der Waals surface area contributed by atoms with Crippen LogP contribution in [0.2, 0.25) is 0 Å². The Morgan fingerprint density at radius 1 is 1.17 bits per heavy atom. The fourth-order valence-electron chi connectivity index (χ4n) is 2.83. The number of phenolic OH excluding ortho intramolecular Hbond substituents is 3. The minimum absolute atomic E-state index is 0.0825. The molecule has 1 atom stereocenters. The molecule has 1 heterocycles. The number of rotatable bonds is 3. The Balaban J connectivity index is 2.07. The van der Waals surface area contributed by atoms with Crippen molar-refractivity contribution in [3.8, 4) is 23.0 Å². The standard InChI is InChI=1S/C19H18O5/c1-2-3-4-13-14(21)9-15(22)18-16(23)10-17(24-19(13)18)11-5-7-12(20)8-6-11/h2-3,5-9,17,20-22H,4,10H2,1H3. The third kappa shape index (κ3) is 2.80. The van der Waals surface area contributed by atoms with Gasteiger partial charge in [-0.15, -0.1) is 0 Å². The summed E-state index contributed by atoms with van der Waals surface area (Å²) in [5.41, 5.74) is 1.33. The molecular formula is C19H18O5. The van der Waals surface area contributed by atoms with E-state index in [1.54, 1.807) is 12.1 Å². The molecule has 2 aromatic rings. The van der Waals surface area contributed by atoms with Crippen molar-refractivity contribution in [3.05, 3.63) is 59.2 Å². The molecular weight excluding hydrogens is 308 g/mol. The molecule has 0 spiro atoms. The predicted molar refractivity (Wildman–Crippen MR) is 88.7 cm³/mol. The molecule has 0 saturated heterocycles. The molecule has 24 heavy (non-hydrogen) atoms. The topological polar surface area (TPSA) is 87.0 Å². The van der Waals surface area contributed by atoms with E-state index < -0.39 is 6.10 Å². The van der Waals surface area contributed by atoms with E-state index in [1.165, 1.54) is 18.2 Å². The summed E-state index contributed by atoms with van der Waals surface area (Å²) in [5.74, 6) is -0.275. The average Bonchev–Trinajstić information content (AvgIpc) is 2.54. The minimum atomic E-state index is -0.531. The van der Waals surface area contributed by atoms with Crippen LogP contribution in [0.25, 0.3) is 0 Å². The highest BCUT2D eigenvalue weighted by Crippen LogP contribution is 2.45. The predicted octanol–water partition coefficient (Wildman–Crippen LogP) is 3.63. The molecule has 0 amide bonds. The molecule has 3 rings (SSSR count). The Labute approximate surface area is 139 Å². The number of fused-ring (bicyclic) bond motifs is 1. The van der Waals surface area contributed by atoms with Gasteiger partial charge in [-0.05, 0) is 31.0 Å². The van der Waals surface area contributed by atoms with E-state index >= 15 is 0 Å². The van der Waals surface area contributed by atoms with Crippen molar-refractivity contribution in [3.63, 3.8) is 0 Å². The Morgan fingerprint density at radius 2 is 1.88 bits per heavy atom. The summed E-state index contributed by atoms with van der Waals surface area (Å²) < 4.78 is 5.96. The smallest absolute Gasteiger partial charge is 0.174 e. The second kappa shape index (κ2) is 6.28. The molecule has 0 saturated carbocycles. The van der Waals surface area contributed by atoms with Gasteiger partial charge in [-0.25, -0.2) is 0 Å². The van der Waals surface area contributed by atoms with Crippen molar-refractivity contribution in [2.45, 2.75) is 25.9 Å². The highest BCUT2D eigenvalue weighted by Gasteiger charge is 2.33. The number of benzene rings is 2. The second-order valence-electron chi connectivity index (χ2n) is 5.70. The first-order valence-electron chi connectivity index (χ1n) is 7.69. The first-order valence-corrected chi connectivity index (χ1v) is 7.69. The molecule has 3 N–H and O–H groups in total. The molecule has 0 fully saturated rings. The maximum absolute atomic E-state index is 12.5. The van der Waals surface area contributed by atoms with Gasteiger partial charge in [0, 0.05) is 11.6 Å². The maximum Gasteiger partial charge on any atom is 0.174 e. The van der Waals surface area contributed by atoms with Crippen LogP contribution >= 0.6 is 0 Å². The molecule has 0 radical (unpaired) electrons. The number of hydrogen-bond acceptors (Lipinski definition) is 5. The van der Waals surface area contributed by atoms with Crippen LogP contribution in [0.3, 0.4) is 0 Å². The molecule has 0 bridgehead atoms. The molecule has 5 nitrogen and oxygen atoms in total. The molecule has 0 aromatic heterocycles. The van der Waals surface area contributed by atoms with Crippen molar-refractivity contribution in [1.82, 2.24) is 0 Å². The lowest BCUT2D eigenvalue weighted by atomic mass is 9.92. The summed E-state index contributed by atoms with van der Waals surface area (Å²) in [4.78, 5) is 12.5. The number of Topliss-reactive ketones (excluding diaryl/α,β-unsaturated/α-hetero) is 1. The maximum atomic E-state index is 12.5. The van der Waals surface area contributed by atoms with E-state index in [4.69, 9.17) is 4.74 Å². The lowest BCUT2D eigenvalue weighted by Gasteiger charge is -2.28. The molecule has 2 aromatic carbocycles. The zero-order chi connectivity index (χ0) is 17.3. The van der Waals surface area contributed by atoms with Crippen molar-refractivity contribution < 1.29 is 24.9 Å². The monoisotopic (exact) mass is 326 g/mol. The number of ether oxygens (including phenoxy) is 1. The Morgan fingerprint density at radius 3 is 2.54 bits per heavy atom. The number of phenols is 3. The minimum Gasteiger partial charge on any atom is -0.508 e. The van der Waals surface area contributed by atoms with Crippen LogP contribution in [0.4, 0.5) is 0 Å². The Bertz CT molecular complexity index is 805. The molecule has 1 aliphatic heterocycles. The van der Waals surface area contributed by atoms with Crippen molar-refractivity contribution >= 4 is 5.78 Å². The SMILES string of the molecule is CC=CCc1c(O)cc(O)c2c1OC(c1ccc(O)cc1)CC2=O. The van der Waals surface area contributed by atoms with Crippen molar-refractivity contribution in [1.29, 1.82) is 0 Å². The number of aromatic hydroxyl groups is 3. The quantitative estimate of drug-likeness (QED) is 0.750. The van der Waals surface area contributed by atoms with Gasteiger partial charge >= 0.3 is 0 Å². The lowest BCUT2D eigenvalue weighted by Crippen LogP contribution is -2.21. The van der Waals surface area contributed by atoms with Gasteiger partial charge in [0.05, 0.1) is 6.42 Å². The van der Waals surface area contributed by atoms with E-state index in [-0.39, 0.29) is 40.8 Å². The van der Waals surface area contributed by atoms with Crippen LogP contribution in [0, 0.1) is 0 Å². The summed E-state index contributed by atoms with van der Waals surface area (Å²) in [5, 5.41) is 29.6. The van der Waals surface area contributed by atoms with Crippen molar-refractivity contribution in [2.24, 2.45) is 0 Å². The molecule has 0 aliphatic carbocycles. The summed E-state index contributed by atoms with van der Waals surface area (Å²) in [7, 11) is 0. The van der Waals surface area contributed by atoms with Crippen LogP contribution in [0.15, 0.2) is 42.5 Å². The summed E-state index contributed by atoms with van der Waals surface area (Å²) >= 11 is 0. The van der Waals surface area contributed by atoms with E-state index in [2.05, 4.69) is 0 Å². The summed E-state index contributed by atoms with van der Waals surface area (Å²) in [6, 6.07) is 7.61. The van der Waals surface area contributed by atoms with Gasteiger partial charge in [0.15, 0.2) is 5.78 Å². The Hall–Kier alpha value is -2.95. The first kappa shape index (κ1) is 15.9. The lowest BCUT2D eigenvalue weighted by molar-refractivity contribution is 0.0842. The van der Waals surface area contributed by atoms with Crippen LogP contribution in [-0.4, -0.2) is 21.1 Å².